The third-order valence-electron chi connectivity index (χ3n) is 3.59. The van der Waals surface area contributed by atoms with E-state index in [1.165, 1.54) is 0 Å². The summed E-state index contributed by atoms with van der Waals surface area (Å²) in [6.45, 7) is 5.21. The summed E-state index contributed by atoms with van der Waals surface area (Å²) in [7, 11) is 0. The minimum absolute atomic E-state index is 0.243. The average Bonchev–Trinajstić information content (AvgIpc) is 2.61. The molecule has 0 aliphatic heterocycles. The van der Waals surface area contributed by atoms with Crippen LogP contribution in [0.5, 0.6) is 11.5 Å². The van der Waals surface area contributed by atoms with Crippen LogP contribution in [0.15, 0.2) is 45.3 Å². The first-order chi connectivity index (χ1) is 12.8. The second kappa shape index (κ2) is 9.75. The molecule has 0 saturated heterocycles. The molecule has 0 aliphatic rings. The Bertz CT molecular complexity index is 842. The quantitative estimate of drug-likeness (QED) is 0.592. The minimum Gasteiger partial charge on any atom is -0.483 e. The number of halogens is 2. The summed E-state index contributed by atoms with van der Waals surface area (Å²) in [6, 6.07) is 11.1. The van der Waals surface area contributed by atoms with E-state index >= 15 is 0 Å². The summed E-state index contributed by atoms with van der Waals surface area (Å²) in [6.07, 6.45) is -0.771. The van der Waals surface area contributed by atoms with E-state index in [9.17, 15) is 9.59 Å². The van der Waals surface area contributed by atoms with Gasteiger partial charge in [0.2, 0.25) is 0 Å². The fourth-order valence-corrected chi connectivity index (χ4v) is 3.24. The number of hydrazine groups is 1. The number of carbonyl (C=O) groups is 2. The van der Waals surface area contributed by atoms with E-state index in [0.717, 1.165) is 15.6 Å². The second-order valence-electron chi connectivity index (χ2n) is 5.93. The molecule has 0 fully saturated rings. The van der Waals surface area contributed by atoms with Crippen molar-refractivity contribution in [3.05, 3.63) is 56.5 Å². The van der Waals surface area contributed by atoms with Gasteiger partial charge in [0.25, 0.3) is 11.8 Å². The number of aryl methyl sites for hydroxylation is 2. The average molecular weight is 500 g/mol. The van der Waals surface area contributed by atoms with Gasteiger partial charge in [-0.1, -0.05) is 28.1 Å². The highest BCUT2D eigenvalue weighted by atomic mass is 79.9. The van der Waals surface area contributed by atoms with Crippen molar-refractivity contribution < 1.29 is 19.1 Å². The van der Waals surface area contributed by atoms with Crippen LogP contribution in [-0.4, -0.2) is 24.5 Å². The molecule has 2 rings (SSSR count). The molecule has 2 N–H and O–H groups in total. The molecule has 1 unspecified atom stereocenters. The van der Waals surface area contributed by atoms with Crippen LogP contribution in [-0.2, 0) is 9.59 Å². The van der Waals surface area contributed by atoms with E-state index < -0.39 is 17.9 Å². The standard InChI is InChI=1S/C19H20Br2N2O4/c1-11-4-5-12(2)17(8-11)27-13(3)19(25)23-22-18(24)10-26-16-7-6-14(20)9-15(16)21/h4-9,13H,10H2,1-3H3,(H,22,24)(H,23,25). The molecule has 2 aromatic rings. The number of amides is 2. The predicted molar refractivity (Wildman–Crippen MR) is 110 cm³/mol. The van der Waals surface area contributed by atoms with Gasteiger partial charge in [0, 0.05) is 4.47 Å². The Hall–Kier alpha value is -2.06. The highest BCUT2D eigenvalue weighted by Gasteiger charge is 2.16. The molecule has 2 aromatic carbocycles. The number of rotatable bonds is 6. The van der Waals surface area contributed by atoms with Crippen molar-refractivity contribution >= 4 is 43.7 Å². The van der Waals surface area contributed by atoms with E-state index in [2.05, 4.69) is 42.7 Å². The molecule has 0 spiro atoms. The van der Waals surface area contributed by atoms with E-state index in [1.807, 2.05) is 32.0 Å². The molecular weight excluding hydrogens is 480 g/mol. The number of carbonyl (C=O) groups excluding carboxylic acids is 2. The molecule has 0 aliphatic carbocycles. The lowest BCUT2D eigenvalue weighted by Gasteiger charge is -2.17. The Kier molecular flexibility index (Phi) is 7.67. The van der Waals surface area contributed by atoms with Crippen molar-refractivity contribution in [1.29, 1.82) is 0 Å². The van der Waals surface area contributed by atoms with E-state index in [0.29, 0.717) is 16.0 Å². The first-order valence-corrected chi connectivity index (χ1v) is 9.75. The first kappa shape index (κ1) is 21.2. The fourth-order valence-electron chi connectivity index (χ4n) is 2.08. The molecule has 0 heterocycles. The van der Waals surface area contributed by atoms with Crippen molar-refractivity contribution in [3.63, 3.8) is 0 Å². The van der Waals surface area contributed by atoms with Crippen molar-refractivity contribution in [2.24, 2.45) is 0 Å². The summed E-state index contributed by atoms with van der Waals surface area (Å²) in [5.74, 6) is 0.199. The molecule has 0 saturated carbocycles. The fraction of sp³-hybridized carbons (Fsp3) is 0.263. The molecule has 0 radical (unpaired) electrons. The summed E-state index contributed by atoms with van der Waals surface area (Å²) in [4.78, 5) is 24.0. The lowest BCUT2D eigenvalue weighted by Crippen LogP contribution is -2.48. The normalized spacial score (nSPS) is 11.4. The molecule has 0 bridgehead atoms. The van der Waals surface area contributed by atoms with Crippen LogP contribution in [0.4, 0.5) is 0 Å². The SMILES string of the molecule is Cc1ccc(C)c(OC(C)C(=O)NNC(=O)COc2ccc(Br)cc2Br)c1. The van der Waals surface area contributed by atoms with Gasteiger partial charge in [-0.3, -0.25) is 20.4 Å². The minimum atomic E-state index is -0.771. The van der Waals surface area contributed by atoms with E-state index in [-0.39, 0.29) is 6.61 Å². The molecule has 2 amide bonds. The maximum atomic E-state index is 12.1. The van der Waals surface area contributed by atoms with Crippen molar-refractivity contribution in [2.45, 2.75) is 26.9 Å². The van der Waals surface area contributed by atoms with Crippen molar-refractivity contribution in [3.8, 4) is 11.5 Å². The second-order valence-corrected chi connectivity index (χ2v) is 7.70. The number of hydrogen-bond donors (Lipinski definition) is 2. The van der Waals surface area contributed by atoms with Gasteiger partial charge in [0.05, 0.1) is 4.47 Å². The highest BCUT2D eigenvalue weighted by Crippen LogP contribution is 2.28. The summed E-state index contributed by atoms with van der Waals surface area (Å²) < 4.78 is 12.7. The van der Waals surface area contributed by atoms with Crippen LogP contribution >= 0.6 is 31.9 Å². The summed E-state index contributed by atoms with van der Waals surface area (Å²) >= 11 is 6.69. The number of nitrogens with one attached hydrogen (secondary N) is 2. The molecule has 6 nitrogen and oxygen atoms in total. The van der Waals surface area contributed by atoms with Crippen LogP contribution < -0.4 is 20.3 Å². The monoisotopic (exact) mass is 498 g/mol. The Morgan fingerprint density at radius 2 is 1.78 bits per heavy atom. The molecule has 27 heavy (non-hydrogen) atoms. The number of ether oxygens (including phenoxy) is 2. The van der Waals surface area contributed by atoms with Gasteiger partial charge in [-0.15, -0.1) is 0 Å². The Labute approximate surface area is 174 Å². The van der Waals surface area contributed by atoms with Gasteiger partial charge in [-0.05, 0) is 72.1 Å². The van der Waals surface area contributed by atoms with Gasteiger partial charge in [-0.25, -0.2) is 0 Å². The molecule has 8 heteroatoms. The molecular formula is C19H20Br2N2O4. The molecule has 144 valence electrons. The Morgan fingerprint density at radius 3 is 2.48 bits per heavy atom. The van der Waals surface area contributed by atoms with E-state index in [1.54, 1.807) is 25.1 Å². The third kappa shape index (κ3) is 6.55. The molecule has 1 atom stereocenters. The Morgan fingerprint density at radius 1 is 1.04 bits per heavy atom. The Balaban J connectivity index is 1.80. The van der Waals surface area contributed by atoms with Crippen LogP contribution in [0.3, 0.4) is 0 Å². The lowest BCUT2D eigenvalue weighted by atomic mass is 10.1. The topological polar surface area (TPSA) is 76.7 Å². The van der Waals surface area contributed by atoms with Gasteiger partial charge < -0.3 is 9.47 Å². The smallest absolute Gasteiger partial charge is 0.279 e. The van der Waals surface area contributed by atoms with E-state index in [4.69, 9.17) is 9.47 Å². The van der Waals surface area contributed by atoms with Gasteiger partial charge in [-0.2, -0.15) is 0 Å². The van der Waals surface area contributed by atoms with Crippen molar-refractivity contribution in [2.75, 3.05) is 6.61 Å². The van der Waals surface area contributed by atoms with Crippen LogP contribution in [0.2, 0.25) is 0 Å². The van der Waals surface area contributed by atoms with Gasteiger partial charge in [0.1, 0.15) is 11.5 Å². The maximum Gasteiger partial charge on any atom is 0.279 e. The first-order valence-electron chi connectivity index (χ1n) is 8.16. The zero-order valence-corrected chi connectivity index (χ0v) is 18.3. The summed E-state index contributed by atoms with van der Waals surface area (Å²) in [5.41, 5.74) is 6.61. The van der Waals surface area contributed by atoms with Crippen LogP contribution in [0.25, 0.3) is 0 Å². The van der Waals surface area contributed by atoms with Crippen molar-refractivity contribution in [1.82, 2.24) is 10.9 Å². The number of hydrogen-bond acceptors (Lipinski definition) is 4. The van der Waals surface area contributed by atoms with Crippen LogP contribution in [0.1, 0.15) is 18.1 Å². The van der Waals surface area contributed by atoms with Crippen LogP contribution in [0, 0.1) is 13.8 Å². The maximum absolute atomic E-state index is 12.1. The predicted octanol–water partition coefficient (Wildman–Crippen LogP) is 3.82. The number of benzene rings is 2. The van der Waals surface area contributed by atoms with Gasteiger partial charge >= 0.3 is 0 Å². The zero-order chi connectivity index (χ0) is 20.0. The lowest BCUT2D eigenvalue weighted by molar-refractivity contribution is -0.133. The zero-order valence-electron chi connectivity index (χ0n) is 15.1. The summed E-state index contributed by atoms with van der Waals surface area (Å²) in [5, 5.41) is 0. The third-order valence-corrected chi connectivity index (χ3v) is 4.71. The highest BCUT2D eigenvalue weighted by molar-refractivity contribution is 9.11. The molecule has 0 aromatic heterocycles. The van der Waals surface area contributed by atoms with Gasteiger partial charge in [0.15, 0.2) is 12.7 Å². The largest absolute Gasteiger partial charge is 0.483 e.